The second-order valence-electron chi connectivity index (χ2n) is 7.86. The van der Waals surface area contributed by atoms with E-state index >= 15 is 0 Å². The number of hydrogen-bond donors (Lipinski definition) is 1. The smallest absolute Gasteiger partial charge is 0.0566 e. The second-order valence-corrected chi connectivity index (χ2v) is 8.97. The highest BCUT2D eigenvalue weighted by Crippen LogP contribution is 2.39. The first-order chi connectivity index (χ1) is 9.82. The molecular formula is C18H32N2S. The molecule has 21 heavy (non-hydrogen) atoms. The molecule has 2 rings (SSSR count). The van der Waals surface area contributed by atoms with Crippen LogP contribution in [-0.4, -0.2) is 24.0 Å². The zero-order valence-corrected chi connectivity index (χ0v) is 15.2. The average molecular weight is 309 g/mol. The summed E-state index contributed by atoms with van der Waals surface area (Å²) in [5.41, 5.74) is 6.40. The fourth-order valence-electron chi connectivity index (χ4n) is 2.76. The topological polar surface area (TPSA) is 29.3 Å². The van der Waals surface area contributed by atoms with Gasteiger partial charge in [-0.1, -0.05) is 34.6 Å². The number of hydrogen-bond acceptors (Lipinski definition) is 3. The molecule has 1 aliphatic rings. The first-order valence-electron chi connectivity index (χ1n) is 8.39. The van der Waals surface area contributed by atoms with Crippen molar-refractivity contribution in [1.29, 1.82) is 0 Å². The Bertz CT molecular complexity index is 440. The van der Waals surface area contributed by atoms with Crippen molar-refractivity contribution in [3.8, 4) is 0 Å². The van der Waals surface area contributed by atoms with Gasteiger partial charge in [-0.05, 0) is 49.3 Å². The molecule has 2 N–H and O–H groups in total. The Balaban J connectivity index is 2.14. The summed E-state index contributed by atoms with van der Waals surface area (Å²) in [5.74, 6) is 0.762. The van der Waals surface area contributed by atoms with Crippen LogP contribution in [-0.2, 0) is 5.41 Å². The molecule has 0 radical (unpaired) electrons. The summed E-state index contributed by atoms with van der Waals surface area (Å²) in [6.07, 6.45) is 3.97. The lowest BCUT2D eigenvalue weighted by molar-refractivity contribution is 0.183. The van der Waals surface area contributed by atoms with E-state index in [2.05, 4.69) is 51.7 Å². The predicted octanol–water partition coefficient (Wildman–Crippen LogP) is 4.56. The van der Waals surface area contributed by atoms with E-state index in [1.54, 1.807) is 0 Å². The summed E-state index contributed by atoms with van der Waals surface area (Å²) in [5, 5.41) is 0. The van der Waals surface area contributed by atoms with E-state index < -0.39 is 0 Å². The van der Waals surface area contributed by atoms with Gasteiger partial charge >= 0.3 is 0 Å². The van der Waals surface area contributed by atoms with Gasteiger partial charge in [-0.15, -0.1) is 11.3 Å². The Morgan fingerprint density at radius 1 is 1.29 bits per heavy atom. The van der Waals surface area contributed by atoms with Crippen molar-refractivity contribution in [2.75, 3.05) is 13.1 Å². The van der Waals surface area contributed by atoms with Crippen molar-refractivity contribution < 1.29 is 0 Å². The van der Waals surface area contributed by atoms with E-state index in [1.807, 2.05) is 11.3 Å². The van der Waals surface area contributed by atoms with Crippen molar-refractivity contribution in [2.24, 2.45) is 11.7 Å². The Morgan fingerprint density at radius 3 is 2.38 bits per heavy atom. The Labute approximate surface area is 134 Å². The Morgan fingerprint density at radius 2 is 1.95 bits per heavy atom. The van der Waals surface area contributed by atoms with Crippen LogP contribution in [0.25, 0.3) is 0 Å². The number of nitrogens with two attached hydrogens (primary N) is 1. The second kappa shape index (κ2) is 6.80. The summed E-state index contributed by atoms with van der Waals surface area (Å²) in [6, 6.07) is 5.80. The lowest BCUT2D eigenvalue weighted by atomic mass is 9.95. The normalized spacial score (nSPS) is 17.7. The van der Waals surface area contributed by atoms with Crippen LogP contribution in [0.3, 0.4) is 0 Å². The van der Waals surface area contributed by atoms with E-state index in [9.17, 15) is 0 Å². The largest absolute Gasteiger partial charge is 0.329 e. The highest BCUT2D eigenvalue weighted by Gasteiger charge is 2.34. The zero-order valence-electron chi connectivity index (χ0n) is 14.4. The summed E-state index contributed by atoms with van der Waals surface area (Å²) in [4.78, 5) is 5.60. The maximum absolute atomic E-state index is 6.16. The minimum atomic E-state index is 0.240. The van der Waals surface area contributed by atoms with Crippen LogP contribution in [0.15, 0.2) is 12.1 Å². The molecule has 1 unspecified atom stereocenters. The third-order valence-electron chi connectivity index (χ3n) is 4.30. The fourth-order valence-corrected chi connectivity index (χ4v) is 3.96. The minimum absolute atomic E-state index is 0.240. The third kappa shape index (κ3) is 4.54. The van der Waals surface area contributed by atoms with Crippen LogP contribution in [0.5, 0.6) is 0 Å². The van der Waals surface area contributed by atoms with Crippen molar-refractivity contribution in [1.82, 2.24) is 4.90 Å². The van der Waals surface area contributed by atoms with Crippen molar-refractivity contribution in [3.05, 3.63) is 21.9 Å². The molecule has 0 bridgehead atoms. The predicted molar refractivity (Wildman–Crippen MR) is 94.0 cm³/mol. The molecular weight excluding hydrogens is 276 g/mol. The fraction of sp³-hybridized carbons (Fsp3) is 0.778. The number of thiophene rings is 1. The summed E-state index contributed by atoms with van der Waals surface area (Å²) < 4.78 is 0. The molecule has 3 heteroatoms. The van der Waals surface area contributed by atoms with Gasteiger partial charge in [0, 0.05) is 22.3 Å². The molecule has 2 nitrogen and oxygen atoms in total. The van der Waals surface area contributed by atoms with E-state index in [1.165, 1.54) is 35.6 Å². The Hall–Kier alpha value is -0.380. The standard InChI is InChI=1S/C18H32N2S/c1-13(2)10-11-20(14-6-7-14)15(12-19)16-8-9-17(21-16)18(3,4)5/h8-9,13-15H,6-7,10-12,19H2,1-5H3. The monoisotopic (exact) mass is 308 g/mol. The van der Waals surface area contributed by atoms with Crippen LogP contribution in [0, 0.1) is 5.92 Å². The molecule has 1 atom stereocenters. The summed E-state index contributed by atoms with van der Waals surface area (Å²) >= 11 is 1.96. The van der Waals surface area contributed by atoms with Crippen LogP contribution < -0.4 is 5.73 Å². The Kier molecular flexibility index (Phi) is 5.50. The average Bonchev–Trinajstić information content (AvgIpc) is 3.09. The highest BCUT2D eigenvalue weighted by atomic mass is 32.1. The van der Waals surface area contributed by atoms with Gasteiger partial charge in [0.1, 0.15) is 0 Å². The summed E-state index contributed by atoms with van der Waals surface area (Å²) in [7, 11) is 0. The van der Waals surface area contributed by atoms with Gasteiger partial charge in [-0.2, -0.15) is 0 Å². The van der Waals surface area contributed by atoms with Gasteiger partial charge in [0.15, 0.2) is 0 Å². The molecule has 0 spiro atoms. The van der Waals surface area contributed by atoms with Gasteiger partial charge in [0.25, 0.3) is 0 Å². The van der Waals surface area contributed by atoms with E-state index in [4.69, 9.17) is 5.73 Å². The van der Waals surface area contributed by atoms with Gasteiger partial charge in [-0.3, -0.25) is 4.90 Å². The lowest BCUT2D eigenvalue weighted by Crippen LogP contribution is -2.36. The van der Waals surface area contributed by atoms with Gasteiger partial charge < -0.3 is 5.73 Å². The molecule has 1 fully saturated rings. The molecule has 0 aliphatic heterocycles. The van der Waals surface area contributed by atoms with E-state index in [0.29, 0.717) is 6.04 Å². The molecule has 0 amide bonds. The van der Waals surface area contributed by atoms with Crippen LogP contribution in [0.2, 0.25) is 0 Å². The minimum Gasteiger partial charge on any atom is -0.329 e. The first kappa shape index (κ1) is 17.0. The molecule has 1 saturated carbocycles. The van der Waals surface area contributed by atoms with E-state index in [0.717, 1.165) is 18.5 Å². The van der Waals surface area contributed by atoms with Gasteiger partial charge in [0.05, 0.1) is 6.04 Å². The van der Waals surface area contributed by atoms with Crippen LogP contribution in [0.1, 0.15) is 69.7 Å². The van der Waals surface area contributed by atoms with Gasteiger partial charge in [0.2, 0.25) is 0 Å². The highest BCUT2D eigenvalue weighted by molar-refractivity contribution is 7.12. The maximum Gasteiger partial charge on any atom is 0.0566 e. The SMILES string of the molecule is CC(C)CCN(C1CC1)C(CN)c1ccc(C(C)(C)C)s1. The van der Waals surface area contributed by atoms with E-state index in [-0.39, 0.29) is 5.41 Å². The third-order valence-corrected chi connectivity index (χ3v) is 5.91. The molecule has 0 saturated heterocycles. The first-order valence-corrected chi connectivity index (χ1v) is 9.20. The quantitative estimate of drug-likeness (QED) is 0.800. The van der Waals surface area contributed by atoms with Crippen molar-refractivity contribution in [2.45, 2.75) is 71.4 Å². The van der Waals surface area contributed by atoms with Gasteiger partial charge in [-0.25, -0.2) is 0 Å². The molecule has 1 aromatic heterocycles. The molecule has 1 aromatic rings. The van der Waals surface area contributed by atoms with Crippen molar-refractivity contribution >= 4 is 11.3 Å². The zero-order chi connectivity index (χ0) is 15.6. The van der Waals surface area contributed by atoms with Crippen LogP contribution >= 0.6 is 11.3 Å². The molecule has 1 heterocycles. The van der Waals surface area contributed by atoms with Crippen LogP contribution in [0.4, 0.5) is 0 Å². The molecule has 120 valence electrons. The number of nitrogens with zero attached hydrogens (tertiary/aromatic N) is 1. The molecule has 1 aliphatic carbocycles. The maximum atomic E-state index is 6.16. The number of rotatable bonds is 7. The van der Waals surface area contributed by atoms with Crippen molar-refractivity contribution in [3.63, 3.8) is 0 Å². The summed E-state index contributed by atoms with van der Waals surface area (Å²) in [6.45, 7) is 13.4. The lowest BCUT2D eigenvalue weighted by Gasteiger charge is -2.31. The molecule has 0 aromatic carbocycles.